The average molecular weight is 240 g/mol. The van der Waals surface area contributed by atoms with E-state index >= 15 is 0 Å². The van der Waals surface area contributed by atoms with Crippen LogP contribution in [-0.4, -0.2) is 30.0 Å². The minimum atomic E-state index is 0.645. The summed E-state index contributed by atoms with van der Waals surface area (Å²) in [5.74, 6) is 0.645. The van der Waals surface area contributed by atoms with Crippen molar-refractivity contribution < 1.29 is 0 Å². The number of rotatable bonds is 1. The van der Waals surface area contributed by atoms with Gasteiger partial charge in [-0.1, -0.05) is 18.2 Å². The average Bonchev–Trinajstić information content (AvgIpc) is 2.38. The number of nitrogens with zero attached hydrogens (tertiary/aromatic N) is 2. The largest absolute Gasteiger partial charge is 0.306 e. The molecule has 0 radical (unpaired) electrons. The minimum Gasteiger partial charge on any atom is -0.306 e. The smallest absolute Gasteiger partial charge is 0.0708 e. The zero-order valence-corrected chi connectivity index (χ0v) is 11.2. The van der Waals surface area contributed by atoms with Gasteiger partial charge in [0.25, 0.3) is 0 Å². The summed E-state index contributed by atoms with van der Waals surface area (Å²) >= 11 is 0. The van der Waals surface area contributed by atoms with Crippen molar-refractivity contribution in [2.24, 2.45) is 0 Å². The highest BCUT2D eigenvalue weighted by molar-refractivity contribution is 5.79. The van der Waals surface area contributed by atoms with Gasteiger partial charge >= 0.3 is 0 Å². The number of aryl methyl sites for hydroxylation is 1. The Morgan fingerprint density at radius 3 is 2.61 bits per heavy atom. The van der Waals surface area contributed by atoms with Crippen molar-refractivity contribution in [3.8, 4) is 0 Å². The third-order valence-electron chi connectivity index (χ3n) is 4.01. The second-order valence-corrected chi connectivity index (χ2v) is 5.51. The van der Waals surface area contributed by atoms with Crippen molar-refractivity contribution in [2.75, 3.05) is 20.1 Å². The van der Waals surface area contributed by atoms with Crippen LogP contribution >= 0.6 is 0 Å². The van der Waals surface area contributed by atoms with Gasteiger partial charge in [0.15, 0.2) is 0 Å². The third-order valence-corrected chi connectivity index (χ3v) is 4.01. The van der Waals surface area contributed by atoms with Gasteiger partial charge in [-0.15, -0.1) is 0 Å². The van der Waals surface area contributed by atoms with Crippen molar-refractivity contribution >= 4 is 10.9 Å². The van der Waals surface area contributed by atoms with Gasteiger partial charge in [0.2, 0.25) is 0 Å². The lowest BCUT2D eigenvalue weighted by Gasteiger charge is -2.28. The maximum atomic E-state index is 4.87. The summed E-state index contributed by atoms with van der Waals surface area (Å²) in [5.41, 5.74) is 3.71. The van der Waals surface area contributed by atoms with Crippen molar-refractivity contribution in [3.05, 3.63) is 41.6 Å². The van der Waals surface area contributed by atoms with Crippen LogP contribution in [0.5, 0.6) is 0 Å². The van der Waals surface area contributed by atoms with Crippen LogP contribution in [0.4, 0.5) is 0 Å². The van der Waals surface area contributed by atoms with Crippen molar-refractivity contribution in [1.29, 1.82) is 0 Å². The predicted octanol–water partition coefficient (Wildman–Crippen LogP) is 3.35. The Kier molecular flexibility index (Phi) is 3.04. The van der Waals surface area contributed by atoms with E-state index in [2.05, 4.69) is 49.2 Å². The molecule has 0 N–H and O–H groups in total. The molecule has 18 heavy (non-hydrogen) atoms. The lowest BCUT2D eigenvalue weighted by atomic mass is 9.93. The van der Waals surface area contributed by atoms with Crippen molar-refractivity contribution in [1.82, 2.24) is 9.88 Å². The van der Waals surface area contributed by atoms with E-state index in [4.69, 9.17) is 4.98 Å². The molecule has 1 aromatic carbocycles. The number of aromatic nitrogens is 1. The van der Waals surface area contributed by atoms with E-state index in [-0.39, 0.29) is 0 Å². The molecule has 0 atom stereocenters. The third kappa shape index (κ3) is 2.25. The highest BCUT2D eigenvalue weighted by Gasteiger charge is 2.19. The summed E-state index contributed by atoms with van der Waals surface area (Å²) in [6.45, 7) is 4.51. The van der Waals surface area contributed by atoms with Crippen molar-refractivity contribution in [3.63, 3.8) is 0 Å². The first kappa shape index (κ1) is 11.7. The summed E-state index contributed by atoms with van der Waals surface area (Å²) in [6, 6.07) is 10.9. The molecule has 0 saturated carbocycles. The molecule has 1 saturated heterocycles. The van der Waals surface area contributed by atoms with Crippen LogP contribution in [0.15, 0.2) is 30.3 Å². The Bertz CT molecular complexity index is 554. The van der Waals surface area contributed by atoms with Gasteiger partial charge in [0, 0.05) is 17.0 Å². The second kappa shape index (κ2) is 4.69. The van der Waals surface area contributed by atoms with Crippen LogP contribution in [0.2, 0.25) is 0 Å². The zero-order chi connectivity index (χ0) is 12.5. The van der Waals surface area contributed by atoms with Gasteiger partial charge in [-0.3, -0.25) is 4.98 Å². The van der Waals surface area contributed by atoms with E-state index in [0.717, 1.165) is 5.52 Å². The number of likely N-dealkylation sites (tertiary alicyclic amines) is 1. The van der Waals surface area contributed by atoms with E-state index in [1.807, 2.05) is 0 Å². The molecule has 2 heterocycles. The topological polar surface area (TPSA) is 16.1 Å². The van der Waals surface area contributed by atoms with Crippen molar-refractivity contribution in [2.45, 2.75) is 25.7 Å². The van der Waals surface area contributed by atoms with Gasteiger partial charge in [-0.05, 0) is 57.6 Å². The molecule has 1 fully saturated rings. The number of pyridine rings is 1. The Morgan fingerprint density at radius 2 is 1.83 bits per heavy atom. The minimum absolute atomic E-state index is 0.645. The summed E-state index contributed by atoms with van der Waals surface area (Å²) < 4.78 is 0. The van der Waals surface area contributed by atoms with E-state index < -0.39 is 0 Å². The Morgan fingerprint density at radius 1 is 1.11 bits per heavy atom. The SMILES string of the molecule is Cc1ccc2ccc(C3CCN(C)CC3)nc2c1. The van der Waals surface area contributed by atoms with Gasteiger partial charge in [-0.25, -0.2) is 0 Å². The Balaban J connectivity index is 1.92. The van der Waals surface area contributed by atoms with Gasteiger partial charge in [-0.2, -0.15) is 0 Å². The number of fused-ring (bicyclic) bond motifs is 1. The fraction of sp³-hybridized carbons (Fsp3) is 0.438. The molecule has 3 rings (SSSR count). The second-order valence-electron chi connectivity index (χ2n) is 5.51. The quantitative estimate of drug-likeness (QED) is 0.760. The number of hydrogen-bond acceptors (Lipinski definition) is 2. The molecule has 0 amide bonds. The molecule has 1 aliphatic rings. The molecule has 94 valence electrons. The molecule has 0 aliphatic carbocycles. The standard InChI is InChI=1S/C16H20N2/c1-12-3-4-13-5-6-15(17-16(13)11-12)14-7-9-18(2)10-8-14/h3-6,11,14H,7-10H2,1-2H3. The summed E-state index contributed by atoms with van der Waals surface area (Å²) in [6.07, 6.45) is 2.47. The lowest BCUT2D eigenvalue weighted by molar-refractivity contribution is 0.253. The first-order chi connectivity index (χ1) is 8.72. The molecule has 0 spiro atoms. The molecule has 1 aromatic heterocycles. The first-order valence-electron chi connectivity index (χ1n) is 6.78. The zero-order valence-electron chi connectivity index (χ0n) is 11.2. The number of piperidine rings is 1. The first-order valence-corrected chi connectivity index (χ1v) is 6.78. The molecule has 2 aromatic rings. The molecule has 0 bridgehead atoms. The van der Waals surface area contributed by atoms with E-state index in [9.17, 15) is 0 Å². The Labute approximate surface area is 109 Å². The van der Waals surface area contributed by atoms with Crippen LogP contribution < -0.4 is 0 Å². The van der Waals surface area contributed by atoms with Crippen LogP contribution in [0.1, 0.15) is 30.0 Å². The van der Waals surface area contributed by atoms with Crippen LogP contribution in [0, 0.1) is 6.92 Å². The monoisotopic (exact) mass is 240 g/mol. The van der Waals surface area contributed by atoms with Gasteiger partial charge in [0.1, 0.15) is 0 Å². The molecule has 2 heteroatoms. The normalized spacial score (nSPS) is 18.3. The molecule has 2 nitrogen and oxygen atoms in total. The maximum absolute atomic E-state index is 4.87. The van der Waals surface area contributed by atoms with Crippen LogP contribution in [0.3, 0.4) is 0 Å². The summed E-state index contributed by atoms with van der Waals surface area (Å²) in [7, 11) is 2.20. The predicted molar refractivity (Wildman–Crippen MR) is 76.0 cm³/mol. The molecular weight excluding hydrogens is 220 g/mol. The molecule has 0 unspecified atom stereocenters. The maximum Gasteiger partial charge on any atom is 0.0708 e. The van der Waals surface area contributed by atoms with E-state index in [1.165, 1.54) is 42.6 Å². The Hall–Kier alpha value is -1.41. The van der Waals surface area contributed by atoms with Crippen LogP contribution in [-0.2, 0) is 0 Å². The molecular formula is C16H20N2. The number of benzene rings is 1. The highest BCUT2D eigenvalue weighted by atomic mass is 15.1. The fourth-order valence-corrected chi connectivity index (χ4v) is 2.77. The van der Waals surface area contributed by atoms with E-state index in [1.54, 1.807) is 0 Å². The van der Waals surface area contributed by atoms with Crippen LogP contribution in [0.25, 0.3) is 10.9 Å². The fourth-order valence-electron chi connectivity index (χ4n) is 2.77. The highest BCUT2D eigenvalue weighted by Crippen LogP contribution is 2.27. The molecule has 1 aliphatic heterocycles. The van der Waals surface area contributed by atoms with Gasteiger partial charge < -0.3 is 4.90 Å². The summed E-state index contributed by atoms with van der Waals surface area (Å²) in [4.78, 5) is 7.27. The van der Waals surface area contributed by atoms with E-state index in [0.29, 0.717) is 5.92 Å². The van der Waals surface area contributed by atoms with Gasteiger partial charge in [0.05, 0.1) is 5.52 Å². The lowest BCUT2D eigenvalue weighted by Crippen LogP contribution is -2.29. The number of hydrogen-bond donors (Lipinski definition) is 0. The summed E-state index contributed by atoms with van der Waals surface area (Å²) in [5, 5.41) is 1.25.